The number of ether oxygens (including phenoxy) is 1. The maximum Gasteiger partial charge on any atom is 0.326 e. The van der Waals surface area contributed by atoms with Gasteiger partial charge in [-0.2, -0.15) is 0 Å². The van der Waals surface area contributed by atoms with E-state index in [1.807, 2.05) is 0 Å². The highest BCUT2D eigenvalue weighted by Crippen LogP contribution is 2.33. The topological polar surface area (TPSA) is 76.8 Å². The highest BCUT2D eigenvalue weighted by Gasteiger charge is 2.37. The number of nitrogens with zero attached hydrogens (tertiary/aromatic N) is 1. The normalized spacial score (nSPS) is 15.9. The van der Waals surface area contributed by atoms with Crippen LogP contribution in [0.15, 0.2) is 45.7 Å². The second-order valence-electron chi connectivity index (χ2n) is 6.02. The smallest absolute Gasteiger partial charge is 0.326 e. The molecule has 140 valence electrons. The lowest BCUT2D eigenvalue weighted by molar-refractivity contribution is -0.149. The van der Waals surface area contributed by atoms with Crippen LogP contribution in [-0.2, 0) is 14.3 Å². The highest BCUT2D eigenvalue weighted by molar-refractivity contribution is 8.18. The van der Waals surface area contributed by atoms with E-state index in [0.717, 1.165) is 16.7 Å². The van der Waals surface area contributed by atoms with Gasteiger partial charge in [0.2, 0.25) is 0 Å². The van der Waals surface area contributed by atoms with Crippen LogP contribution in [0.3, 0.4) is 0 Å². The maximum absolute atomic E-state index is 13.0. The van der Waals surface area contributed by atoms with Crippen molar-refractivity contribution in [2.45, 2.75) is 20.0 Å². The molecule has 8 heteroatoms. The monoisotopic (exact) mass is 389 g/mol. The van der Waals surface area contributed by atoms with Crippen LogP contribution in [0.4, 0.5) is 9.18 Å². The van der Waals surface area contributed by atoms with Gasteiger partial charge in [0.25, 0.3) is 11.1 Å². The molecule has 0 bridgehead atoms. The van der Waals surface area contributed by atoms with Gasteiger partial charge in [0.1, 0.15) is 23.9 Å². The summed E-state index contributed by atoms with van der Waals surface area (Å²) in [5.74, 6) is -0.712. The van der Waals surface area contributed by atoms with Gasteiger partial charge >= 0.3 is 5.97 Å². The molecule has 0 aliphatic carbocycles. The number of hydrogen-bond donors (Lipinski definition) is 0. The van der Waals surface area contributed by atoms with E-state index in [1.54, 1.807) is 38.1 Å². The number of rotatable bonds is 5. The molecule has 27 heavy (non-hydrogen) atoms. The first-order chi connectivity index (χ1) is 12.8. The SMILES string of the molecule is CC(C)OC(=O)CN1C(=O)S/C(=C/c2ccc(-c3ccc(F)cc3)o2)C1=O. The minimum Gasteiger partial charge on any atom is -0.462 e. The molecule has 1 saturated heterocycles. The van der Waals surface area contributed by atoms with Gasteiger partial charge in [-0.25, -0.2) is 4.39 Å². The summed E-state index contributed by atoms with van der Waals surface area (Å²) in [5.41, 5.74) is 0.681. The van der Waals surface area contributed by atoms with E-state index in [9.17, 15) is 18.8 Å². The van der Waals surface area contributed by atoms with Crippen LogP contribution in [-0.4, -0.2) is 34.7 Å². The van der Waals surface area contributed by atoms with Crippen molar-refractivity contribution in [2.75, 3.05) is 6.54 Å². The molecule has 0 saturated carbocycles. The van der Waals surface area contributed by atoms with Crippen LogP contribution >= 0.6 is 11.8 Å². The zero-order valence-electron chi connectivity index (χ0n) is 14.6. The third-order valence-corrected chi connectivity index (χ3v) is 4.46. The number of thioether (sulfide) groups is 1. The van der Waals surface area contributed by atoms with E-state index in [0.29, 0.717) is 17.1 Å². The van der Waals surface area contributed by atoms with Crippen LogP contribution in [0.25, 0.3) is 17.4 Å². The summed E-state index contributed by atoms with van der Waals surface area (Å²) in [6, 6.07) is 9.11. The van der Waals surface area contributed by atoms with Crippen LogP contribution in [0.1, 0.15) is 19.6 Å². The summed E-state index contributed by atoms with van der Waals surface area (Å²) in [4.78, 5) is 37.1. The van der Waals surface area contributed by atoms with Crippen LogP contribution in [0.5, 0.6) is 0 Å². The minimum absolute atomic E-state index is 0.150. The molecule has 2 aromatic rings. The number of esters is 1. The number of imide groups is 1. The van der Waals surface area contributed by atoms with Crippen molar-refractivity contribution < 1.29 is 27.9 Å². The maximum atomic E-state index is 13.0. The summed E-state index contributed by atoms with van der Waals surface area (Å²) in [6.45, 7) is 2.93. The molecular formula is C19H16FNO5S. The summed E-state index contributed by atoms with van der Waals surface area (Å²) >= 11 is 0.726. The summed E-state index contributed by atoms with van der Waals surface area (Å²) < 4.78 is 23.6. The molecule has 2 amide bonds. The summed E-state index contributed by atoms with van der Waals surface area (Å²) in [5, 5.41) is -0.544. The van der Waals surface area contributed by atoms with Gasteiger partial charge in [-0.1, -0.05) is 0 Å². The Morgan fingerprint density at radius 2 is 1.93 bits per heavy atom. The zero-order chi connectivity index (χ0) is 19.6. The highest BCUT2D eigenvalue weighted by atomic mass is 32.2. The standard InChI is InChI=1S/C19H16FNO5S/c1-11(2)25-17(22)10-21-18(23)16(27-19(21)24)9-14-7-8-15(26-14)12-3-5-13(20)6-4-12/h3-9,11H,10H2,1-2H3/b16-9+. The predicted octanol–water partition coefficient (Wildman–Crippen LogP) is 4.07. The van der Waals surface area contributed by atoms with Crippen molar-refractivity contribution in [3.05, 3.63) is 52.9 Å². The predicted molar refractivity (Wildman–Crippen MR) is 98.0 cm³/mol. The lowest BCUT2D eigenvalue weighted by Crippen LogP contribution is -2.35. The number of benzene rings is 1. The Bertz CT molecular complexity index is 916. The van der Waals surface area contributed by atoms with Crippen LogP contribution in [0, 0.1) is 5.82 Å². The van der Waals surface area contributed by atoms with E-state index in [1.165, 1.54) is 18.2 Å². The molecular weight excluding hydrogens is 373 g/mol. The van der Waals surface area contributed by atoms with E-state index in [2.05, 4.69) is 0 Å². The van der Waals surface area contributed by atoms with Crippen molar-refractivity contribution >= 4 is 35.0 Å². The Kier molecular flexibility index (Phi) is 5.46. The zero-order valence-corrected chi connectivity index (χ0v) is 15.4. The molecule has 1 aliphatic heterocycles. The van der Waals surface area contributed by atoms with Crippen molar-refractivity contribution in [2.24, 2.45) is 0 Å². The Hall–Kier alpha value is -2.87. The summed E-state index contributed by atoms with van der Waals surface area (Å²) in [7, 11) is 0. The minimum atomic E-state index is -0.648. The molecule has 1 aliphatic rings. The van der Waals surface area contributed by atoms with E-state index >= 15 is 0 Å². The molecule has 1 aromatic heterocycles. The summed E-state index contributed by atoms with van der Waals surface area (Å²) in [6.07, 6.45) is 1.10. The first kappa shape index (κ1) is 18.9. The first-order valence-electron chi connectivity index (χ1n) is 8.14. The van der Waals surface area contributed by atoms with Crippen molar-refractivity contribution in [1.29, 1.82) is 0 Å². The van der Waals surface area contributed by atoms with Gasteiger partial charge in [0, 0.05) is 11.6 Å². The van der Waals surface area contributed by atoms with E-state index in [4.69, 9.17) is 9.15 Å². The average Bonchev–Trinajstić information content (AvgIpc) is 3.16. The fourth-order valence-electron chi connectivity index (χ4n) is 2.39. The number of hydrogen-bond acceptors (Lipinski definition) is 6. The number of carbonyl (C=O) groups is 3. The average molecular weight is 389 g/mol. The van der Waals surface area contributed by atoms with Crippen molar-refractivity contribution in [1.82, 2.24) is 4.90 Å². The van der Waals surface area contributed by atoms with Gasteiger partial charge in [-0.15, -0.1) is 0 Å². The lowest BCUT2D eigenvalue weighted by Gasteiger charge is -2.13. The second kappa shape index (κ2) is 7.79. The third-order valence-electron chi connectivity index (χ3n) is 3.56. The van der Waals surface area contributed by atoms with E-state index < -0.39 is 23.7 Å². The van der Waals surface area contributed by atoms with Crippen LogP contribution in [0.2, 0.25) is 0 Å². The molecule has 2 heterocycles. The largest absolute Gasteiger partial charge is 0.462 e. The Morgan fingerprint density at radius 1 is 1.22 bits per heavy atom. The fourth-order valence-corrected chi connectivity index (χ4v) is 3.21. The Labute approximate surface area is 159 Å². The molecule has 0 atom stereocenters. The fraction of sp³-hybridized carbons (Fsp3) is 0.211. The van der Waals surface area contributed by atoms with Crippen molar-refractivity contribution in [3.63, 3.8) is 0 Å². The third kappa shape index (κ3) is 4.46. The molecule has 0 N–H and O–H groups in total. The van der Waals surface area contributed by atoms with Gasteiger partial charge in [0.15, 0.2) is 0 Å². The van der Waals surface area contributed by atoms with E-state index in [-0.39, 0.29) is 16.8 Å². The Morgan fingerprint density at radius 3 is 2.59 bits per heavy atom. The van der Waals surface area contributed by atoms with Gasteiger partial charge < -0.3 is 9.15 Å². The van der Waals surface area contributed by atoms with Gasteiger partial charge in [-0.05, 0) is 62.0 Å². The molecule has 3 rings (SSSR count). The number of amides is 2. The molecule has 1 fully saturated rings. The number of halogens is 1. The first-order valence-corrected chi connectivity index (χ1v) is 8.96. The van der Waals surface area contributed by atoms with Crippen LogP contribution < -0.4 is 0 Å². The van der Waals surface area contributed by atoms with Gasteiger partial charge in [0.05, 0.1) is 11.0 Å². The number of furan rings is 1. The van der Waals surface area contributed by atoms with Gasteiger partial charge in [-0.3, -0.25) is 19.3 Å². The molecule has 6 nitrogen and oxygen atoms in total. The lowest BCUT2D eigenvalue weighted by atomic mass is 10.2. The molecule has 0 spiro atoms. The molecule has 1 aromatic carbocycles. The molecule has 0 radical (unpaired) electrons. The molecule has 0 unspecified atom stereocenters. The van der Waals surface area contributed by atoms with Crippen molar-refractivity contribution in [3.8, 4) is 11.3 Å². The Balaban J connectivity index is 1.74. The number of carbonyl (C=O) groups excluding carboxylic acids is 3. The quantitative estimate of drug-likeness (QED) is 0.567. The second-order valence-corrected chi connectivity index (χ2v) is 7.01.